The Morgan fingerprint density at radius 2 is 1.88 bits per heavy atom. The number of fused-ring (bicyclic) bond motifs is 3. The minimum atomic E-state index is -4.82. The number of alkyl halides is 3. The van der Waals surface area contributed by atoms with E-state index in [1.807, 2.05) is 20.8 Å². The van der Waals surface area contributed by atoms with Gasteiger partial charge in [0, 0.05) is 16.5 Å². The zero-order valence-corrected chi connectivity index (χ0v) is 13.2. The van der Waals surface area contributed by atoms with Crippen LogP contribution in [0.2, 0.25) is 0 Å². The number of carbonyl (C=O) groups is 1. The average molecular weight is 340 g/mol. The zero-order valence-electron chi connectivity index (χ0n) is 13.2. The predicted octanol–water partition coefficient (Wildman–Crippen LogP) is 4.52. The highest BCUT2D eigenvalue weighted by atomic mass is 19.4. The highest BCUT2D eigenvalue weighted by molar-refractivity contribution is 6.01. The van der Waals surface area contributed by atoms with Gasteiger partial charge in [-0.25, -0.2) is 4.79 Å². The lowest BCUT2D eigenvalue weighted by Crippen LogP contribution is -2.40. The van der Waals surface area contributed by atoms with Gasteiger partial charge in [0.1, 0.15) is 11.3 Å². The van der Waals surface area contributed by atoms with Crippen LogP contribution in [0.1, 0.15) is 31.9 Å². The molecule has 1 aliphatic rings. The second-order valence-electron chi connectivity index (χ2n) is 6.69. The molecule has 4 nitrogen and oxygen atoms in total. The molecule has 0 radical (unpaired) electrons. The summed E-state index contributed by atoms with van der Waals surface area (Å²) in [5.41, 5.74) is 0.351. The first-order valence-electron chi connectivity index (χ1n) is 7.23. The third-order valence-electron chi connectivity index (χ3n) is 3.92. The quantitative estimate of drug-likeness (QED) is 0.829. The summed E-state index contributed by atoms with van der Waals surface area (Å²) in [4.78, 5) is 11.3. The van der Waals surface area contributed by atoms with Gasteiger partial charge in [-0.05, 0) is 23.6 Å². The normalized spacial score (nSPS) is 18.1. The van der Waals surface area contributed by atoms with Gasteiger partial charge in [-0.2, -0.15) is 13.2 Å². The summed E-state index contributed by atoms with van der Waals surface area (Å²) < 4.78 is 49.8. The van der Waals surface area contributed by atoms with E-state index in [1.54, 1.807) is 0 Å². The molecule has 1 aliphatic heterocycles. The monoisotopic (exact) mass is 340 g/mol. The number of carboxylic acid groups (broad SMARTS) is 1. The Bertz CT molecular complexity index is 853. The molecule has 0 spiro atoms. The van der Waals surface area contributed by atoms with Crippen molar-refractivity contribution in [1.82, 2.24) is 0 Å². The average Bonchev–Trinajstić information content (AvgIpc) is 2.89. The first-order chi connectivity index (χ1) is 11.0. The Morgan fingerprint density at radius 1 is 1.21 bits per heavy atom. The summed E-state index contributed by atoms with van der Waals surface area (Å²) in [5, 5.41) is 9.75. The highest BCUT2D eigenvalue weighted by Gasteiger charge is 2.48. The smallest absolute Gasteiger partial charge is 0.430 e. The molecule has 1 unspecified atom stereocenters. The van der Waals surface area contributed by atoms with Crippen LogP contribution >= 0.6 is 0 Å². The molecule has 1 N–H and O–H groups in total. The summed E-state index contributed by atoms with van der Waals surface area (Å²) in [6.45, 7) is 5.79. The molecular weight excluding hydrogens is 325 g/mol. The lowest BCUT2D eigenvalue weighted by Gasteiger charge is -2.28. The summed E-state index contributed by atoms with van der Waals surface area (Å²) in [7, 11) is 0. The van der Waals surface area contributed by atoms with Crippen molar-refractivity contribution in [2.24, 2.45) is 0 Å². The second-order valence-corrected chi connectivity index (χ2v) is 6.69. The molecule has 3 rings (SSSR count). The topological polar surface area (TPSA) is 59.7 Å². The summed E-state index contributed by atoms with van der Waals surface area (Å²) in [6.07, 6.45) is -4.74. The van der Waals surface area contributed by atoms with Crippen molar-refractivity contribution in [2.75, 3.05) is 0 Å². The Hall–Kier alpha value is -2.44. The number of carboxylic acids is 1. The van der Waals surface area contributed by atoms with Gasteiger partial charge in [-0.3, -0.25) is 0 Å². The molecule has 1 aromatic heterocycles. The van der Waals surface area contributed by atoms with Crippen LogP contribution in [0.5, 0.6) is 5.75 Å². The Kier molecular flexibility index (Phi) is 3.44. The Labute approximate surface area is 135 Å². The number of ether oxygens (including phenoxy) is 1. The number of benzene rings is 1. The van der Waals surface area contributed by atoms with Crippen molar-refractivity contribution >= 4 is 23.0 Å². The maximum absolute atomic E-state index is 13.1. The lowest BCUT2D eigenvalue weighted by atomic mass is 9.84. The third-order valence-corrected chi connectivity index (χ3v) is 3.92. The van der Waals surface area contributed by atoms with Crippen LogP contribution in [0.25, 0.3) is 17.0 Å². The van der Waals surface area contributed by atoms with Gasteiger partial charge in [0.25, 0.3) is 0 Å². The summed E-state index contributed by atoms with van der Waals surface area (Å²) in [6, 6.07) is 2.89. The minimum Gasteiger partial charge on any atom is -0.478 e. The van der Waals surface area contributed by atoms with Gasteiger partial charge in [-0.1, -0.05) is 20.8 Å². The summed E-state index contributed by atoms with van der Waals surface area (Å²) >= 11 is 0. The van der Waals surface area contributed by atoms with E-state index in [4.69, 9.17) is 9.15 Å². The van der Waals surface area contributed by atoms with Crippen molar-refractivity contribution < 1.29 is 32.2 Å². The zero-order chi connectivity index (χ0) is 17.9. The van der Waals surface area contributed by atoms with Crippen molar-refractivity contribution in [3.63, 3.8) is 0 Å². The van der Waals surface area contributed by atoms with E-state index in [0.717, 1.165) is 11.6 Å². The summed E-state index contributed by atoms with van der Waals surface area (Å²) in [5.74, 6) is -1.68. The number of hydrogen-bond acceptors (Lipinski definition) is 3. The molecule has 24 heavy (non-hydrogen) atoms. The number of aliphatic carboxylic acids is 1. The van der Waals surface area contributed by atoms with Gasteiger partial charge < -0.3 is 14.3 Å². The fourth-order valence-corrected chi connectivity index (χ4v) is 2.77. The maximum atomic E-state index is 13.1. The third kappa shape index (κ3) is 2.53. The van der Waals surface area contributed by atoms with Gasteiger partial charge in [0.15, 0.2) is 0 Å². The molecule has 128 valence electrons. The molecule has 0 fully saturated rings. The molecule has 1 aromatic carbocycles. The molecule has 2 heterocycles. The van der Waals surface area contributed by atoms with E-state index in [0.29, 0.717) is 16.5 Å². The first-order valence-corrected chi connectivity index (χ1v) is 7.23. The van der Waals surface area contributed by atoms with Crippen molar-refractivity contribution in [1.29, 1.82) is 0 Å². The van der Waals surface area contributed by atoms with Gasteiger partial charge in [0.05, 0.1) is 11.8 Å². The largest absolute Gasteiger partial charge is 0.478 e. The predicted molar refractivity (Wildman–Crippen MR) is 81.0 cm³/mol. The van der Waals surface area contributed by atoms with Crippen molar-refractivity contribution in [3.05, 3.63) is 35.1 Å². The van der Waals surface area contributed by atoms with Crippen molar-refractivity contribution in [2.45, 2.75) is 38.5 Å². The fourth-order valence-electron chi connectivity index (χ4n) is 2.77. The maximum Gasteiger partial charge on any atom is 0.430 e. The molecule has 0 amide bonds. The van der Waals surface area contributed by atoms with E-state index in [1.165, 1.54) is 18.4 Å². The molecule has 1 atom stereocenters. The fraction of sp³-hybridized carbons (Fsp3) is 0.353. The molecule has 0 saturated heterocycles. The molecule has 7 heteroatoms. The van der Waals surface area contributed by atoms with E-state index in [9.17, 15) is 23.1 Å². The molecule has 2 aromatic rings. The van der Waals surface area contributed by atoms with Gasteiger partial charge in [-0.15, -0.1) is 0 Å². The Balaban J connectivity index is 2.30. The Morgan fingerprint density at radius 3 is 2.42 bits per heavy atom. The van der Waals surface area contributed by atoms with Gasteiger partial charge >= 0.3 is 12.1 Å². The van der Waals surface area contributed by atoms with Crippen LogP contribution in [-0.4, -0.2) is 23.4 Å². The lowest BCUT2D eigenvalue weighted by molar-refractivity contribution is -0.187. The number of hydrogen-bond donors (Lipinski definition) is 1. The molecule has 0 bridgehead atoms. The standard InChI is InChI=1S/C17H15F3O4/c1-16(2,3)10-7-23-12-5-4-11-8(13(10)12)6-9(15(21)22)14(24-11)17(18,19)20/h4-7,14H,1-3H3,(H,21,22). The highest BCUT2D eigenvalue weighted by Crippen LogP contribution is 2.43. The number of rotatable bonds is 1. The van der Waals surface area contributed by atoms with E-state index in [2.05, 4.69) is 0 Å². The van der Waals surface area contributed by atoms with Crippen LogP contribution in [0, 0.1) is 0 Å². The minimum absolute atomic E-state index is 0.0123. The van der Waals surface area contributed by atoms with Crippen LogP contribution < -0.4 is 4.74 Å². The SMILES string of the molecule is CC(C)(C)c1coc2ccc3c(c12)C=C(C(=O)O)C(C(F)(F)F)O3. The van der Waals surface area contributed by atoms with Crippen LogP contribution in [0.3, 0.4) is 0 Å². The first kappa shape index (κ1) is 16.4. The number of halogens is 3. The van der Waals surface area contributed by atoms with Crippen LogP contribution in [0.15, 0.2) is 28.4 Å². The number of furan rings is 1. The molecule has 0 aliphatic carbocycles. The van der Waals surface area contributed by atoms with Gasteiger partial charge in [0.2, 0.25) is 6.10 Å². The van der Waals surface area contributed by atoms with Crippen LogP contribution in [-0.2, 0) is 10.2 Å². The van der Waals surface area contributed by atoms with E-state index in [-0.39, 0.29) is 11.2 Å². The molecule has 0 saturated carbocycles. The van der Waals surface area contributed by atoms with Crippen LogP contribution in [0.4, 0.5) is 13.2 Å². The molecular formula is C17H15F3O4. The van der Waals surface area contributed by atoms with Crippen molar-refractivity contribution in [3.8, 4) is 5.75 Å². The van der Waals surface area contributed by atoms with E-state index >= 15 is 0 Å². The second kappa shape index (κ2) is 5.03. The van der Waals surface area contributed by atoms with E-state index < -0.39 is 23.8 Å².